The second-order valence-electron chi connectivity index (χ2n) is 5.88. The summed E-state index contributed by atoms with van der Waals surface area (Å²) in [4.78, 5) is 12.4. The highest BCUT2D eigenvalue weighted by atomic mass is 19.1. The Balaban J connectivity index is 1.85. The molecule has 0 amide bonds. The van der Waals surface area contributed by atoms with Crippen molar-refractivity contribution in [1.29, 1.82) is 0 Å². The van der Waals surface area contributed by atoms with E-state index in [-0.39, 0.29) is 0 Å². The van der Waals surface area contributed by atoms with Crippen LogP contribution in [0.15, 0.2) is 18.2 Å². The maximum Gasteiger partial charge on any atom is 0.305 e. The SMILES string of the molecule is CC(C)N1CCC(CNCc2cccc([N+](=O)[O-])c2F)C1. The number of nitro groups is 1. The number of likely N-dealkylation sites (tertiary alicyclic amines) is 1. The van der Waals surface area contributed by atoms with Gasteiger partial charge in [0, 0.05) is 30.8 Å². The molecule has 0 bridgehead atoms. The summed E-state index contributed by atoms with van der Waals surface area (Å²) >= 11 is 0. The molecule has 1 unspecified atom stereocenters. The minimum atomic E-state index is -0.731. The van der Waals surface area contributed by atoms with Gasteiger partial charge < -0.3 is 10.2 Å². The van der Waals surface area contributed by atoms with Crippen LogP contribution in [0.25, 0.3) is 0 Å². The summed E-state index contributed by atoms with van der Waals surface area (Å²) in [6.45, 7) is 7.68. The van der Waals surface area contributed by atoms with Crippen LogP contribution in [0.5, 0.6) is 0 Å². The van der Waals surface area contributed by atoms with E-state index in [1.807, 2.05) is 0 Å². The topological polar surface area (TPSA) is 58.4 Å². The lowest BCUT2D eigenvalue weighted by molar-refractivity contribution is -0.387. The minimum absolute atomic E-state index is 0.325. The van der Waals surface area contributed by atoms with E-state index in [2.05, 4.69) is 24.1 Å². The molecule has 1 aliphatic rings. The third kappa shape index (κ3) is 3.98. The maximum atomic E-state index is 13.9. The van der Waals surface area contributed by atoms with E-state index < -0.39 is 16.4 Å². The molecule has 0 radical (unpaired) electrons. The molecule has 1 atom stereocenters. The molecular weight excluding hydrogens is 273 g/mol. The van der Waals surface area contributed by atoms with Crippen molar-refractivity contribution in [1.82, 2.24) is 10.2 Å². The second-order valence-corrected chi connectivity index (χ2v) is 5.88. The Morgan fingerprint density at radius 2 is 2.29 bits per heavy atom. The van der Waals surface area contributed by atoms with Crippen LogP contribution in [0, 0.1) is 21.8 Å². The molecule has 1 N–H and O–H groups in total. The molecule has 1 aromatic carbocycles. The highest BCUT2D eigenvalue weighted by Gasteiger charge is 2.24. The normalized spacial score (nSPS) is 19.3. The second kappa shape index (κ2) is 6.95. The molecule has 1 saturated heterocycles. The number of nitro benzene ring substituents is 1. The molecule has 5 nitrogen and oxygen atoms in total. The monoisotopic (exact) mass is 295 g/mol. The van der Waals surface area contributed by atoms with Gasteiger partial charge in [0.25, 0.3) is 0 Å². The fourth-order valence-electron chi connectivity index (χ4n) is 2.75. The molecule has 116 valence electrons. The molecule has 0 spiro atoms. The molecule has 1 heterocycles. The smallest absolute Gasteiger partial charge is 0.305 e. The highest BCUT2D eigenvalue weighted by Crippen LogP contribution is 2.21. The van der Waals surface area contributed by atoms with Gasteiger partial charge in [0.15, 0.2) is 0 Å². The largest absolute Gasteiger partial charge is 0.312 e. The number of halogens is 1. The van der Waals surface area contributed by atoms with Crippen molar-refractivity contribution < 1.29 is 9.31 Å². The number of hydrogen-bond acceptors (Lipinski definition) is 4. The van der Waals surface area contributed by atoms with Gasteiger partial charge in [0.1, 0.15) is 0 Å². The Bertz CT molecular complexity index is 508. The maximum absolute atomic E-state index is 13.9. The number of nitrogens with one attached hydrogen (secondary N) is 1. The van der Waals surface area contributed by atoms with Gasteiger partial charge in [-0.15, -0.1) is 0 Å². The van der Waals surface area contributed by atoms with Gasteiger partial charge in [-0.3, -0.25) is 10.1 Å². The van der Waals surface area contributed by atoms with Gasteiger partial charge >= 0.3 is 5.69 Å². The Morgan fingerprint density at radius 3 is 2.90 bits per heavy atom. The zero-order valence-corrected chi connectivity index (χ0v) is 12.5. The van der Waals surface area contributed by atoms with E-state index in [4.69, 9.17) is 0 Å². The zero-order chi connectivity index (χ0) is 15.4. The first-order valence-electron chi connectivity index (χ1n) is 7.35. The van der Waals surface area contributed by atoms with E-state index in [0.29, 0.717) is 24.1 Å². The summed E-state index contributed by atoms with van der Waals surface area (Å²) in [5.74, 6) is -0.167. The molecule has 1 aliphatic heterocycles. The Labute approximate surface area is 124 Å². The molecule has 6 heteroatoms. The van der Waals surface area contributed by atoms with Crippen LogP contribution in [0.2, 0.25) is 0 Å². The molecule has 1 fully saturated rings. The minimum Gasteiger partial charge on any atom is -0.312 e. The van der Waals surface area contributed by atoms with E-state index in [1.54, 1.807) is 6.07 Å². The standard InChI is InChI=1S/C15H22FN3O2/c1-11(2)18-7-6-12(10-18)8-17-9-13-4-3-5-14(15(13)16)19(20)21/h3-5,11-12,17H,6-10H2,1-2H3. The summed E-state index contributed by atoms with van der Waals surface area (Å²) in [5.41, 5.74) is -0.107. The van der Waals surface area contributed by atoms with Crippen LogP contribution in [0.1, 0.15) is 25.8 Å². The fourth-order valence-corrected chi connectivity index (χ4v) is 2.75. The number of nitrogens with zero attached hydrogens (tertiary/aromatic N) is 2. The van der Waals surface area contributed by atoms with Gasteiger partial charge in [-0.2, -0.15) is 4.39 Å². The van der Waals surface area contributed by atoms with Gasteiger partial charge in [0.2, 0.25) is 5.82 Å². The van der Waals surface area contributed by atoms with Crippen molar-refractivity contribution >= 4 is 5.69 Å². The van der Waals surface area contributed by atoms with Crippen molar-refractivity contribution in [2.45, 2.75) is 32.9 Å². The summed E-state index contributed by atoms with van der Waals surface area (Å²) in [7, 11) is 0. The molecule has 0 aliphatic carbocycles. The average molecular weight is 295 g/mol. The first kappa shape index (κ1) is 15.9. The molecule has 21 heavy (non-hydrogen) atoms. The van der Waals surface area contributed by atoms with Crippen LogP contribution in [-0.2, 0) is 6.54 Å². The van der Waals surface area contributed by atoms with Crippen LogP contribution in [0.3, 0.4) is 0 Å². The first-order valence-corrected chi connectivity index (χ1v) is 7.35. The summed E-state index contributed by atoms with van der Waals surface area (Å²) in [6, 6.07) is 4.86. The van der Waals surface area contributed by atoms with Gasteiger partial charge in [-0.05, 0) is 39.3 Å². The fraction of sp³-hybridized carbons (Fsp3) is 0.600. The summed E-state index contributed by atoms with van der Waals surface area (Å²) in [5, 5.41) is 13.9. The molecule has 0 saturated carbocycles. The van der Waals surface area contributed by atoms with Crippen molar-refractivity contribution in [3.8, 4) is 0 Å². The van der Waals surface area contributed by atoms with Crippen LogP contribution in [0.4, 0.5) is 10.1 Å². The Hall–Kier alpha value is -1.53. The quantitative estimate of drug-likeness (QED) is 0.647. The van der Waals surface area contributed by atoms with E-state index in [1.165, 1.54) is 12.1 Å². The highest BCUT2D eigenvalue weighted by molar-refractivity contribution is 5.36. The molecular formula is C15H22FN3O2. The van der Waals surface area contributed by atoms with E-state index in [9.17, 15) is 14.5 Å². The Kier molecular flexibility index (Phi) is 5.25. The first-order chi connectivity index (χ1) is 9.99. The molecule has 1 aromatic rings. The van der Waals surface area contributed by atoms with Gasteiger partial charge in [0.05, 0.1) is 4.92 Å². The lowest BCUT2D eigenvalue weighted by atomic mass is 10.1. The predicted molar refractivity (Wildman–Crippen MR) is 79.6 cm³/mol. The number of benzene rings is 1. The van der Waals surface area contributed by atoms with Crippen molar-refractivity contribution in [3.05, 3.63) is 39.7 Å². The van der Waals surface area contributed by atoms with Crippen molar-refractivity contribution in [2.75, 3.05) is 19.6 Å². The lowest BCUT2D eigenvalue weighted by Gasteiger charge is -2.20. The molecule has 0 aromatic heterocycles. The van der Waals surface area contributed by atoms with Crippen molar-refractivity contribution in [2.24, 2.45) is 5.92 Å². The average Bonchev–Trinajstić information content (AvgIpc) is 2.89. The Morgan fingerprint density at radius 1 is 1.52 bits per heavy atom. The van der Waals surface area contributed by atoms with Crippen molar-refractivity contribution in [3.63, 3.8) is 0 Å². The predicted octanol–water partition coefficient (Wildman–Crippen LogP) is 2.55. The van der Waals surface area contributed by atoms with Crippen LogP contribution >= 0.6 is 0 Å². The summed E-state index contributed by atoms with van der Waals surface area (Å²) in [6.07, 6.45) is 1.14. The van der Waals surface area contributed by atoms with E-state index in [0.717, 1.165) is 26.1 Å². The molecule has 2 rings (SSSR count). The van der Waals surface area contributed by atoms with Gasteiger partial charge in [-0.25, -0.2) is 0 Å². The lowest BCUT2D eigenvalue weighted by Crippen LogP contribution is -2.30. The number of hydrogen-bond donors (Lipinski definition) is 1. The zero-order valence-electron chi connectivity index (χ0n) is 12.5. The third-order valence-electron chi connectivity index (χ3n) is 4.05. The summed E-state index contributed by atoms with van der Waals surface area (Å²) < 4.78 is 13.9. The number of rotatable bonds is 6. The van der Waals surface area contributed by atoms with Crippen LogP contribution < -0.4 is 5.32 Å². The van der Waals surface area contributed by atoms with Crippen LogP contribution in [-0.4, -0.2) is 35.5 Å². The van der Waals surface area contributed by atoms with E-state index >= 15 is 0 Å². The van der Waals surface area contributed by atoms with Gasteiger partial charge in [-0.1, -0.05) is 12.1 Å². The third-order valence-corrected chi connectivity index (χ3v) is 4.05.